The van der Waals surface area contributed by atoms with Gasteiger partial charge in [0.05, 0.1) is 12.1 Å². The van der Waals surface area contributed by atoms with Gasteiger partial charge in [0.15, 0.2) is 5.82 Å². The normalized spacial score (nSPS) is 10.9. The van der Waals surface area contributed by atoms with Crippen LogP contribution in [0.1, 0.15) is 33.4 Å². The summed E-state index contributed by atoms with van der Waals surface area (Å²) in [7, 11) is 0. The fraction of sp³-hybridized carbons (Fsp3) is 0.154. The Balaban J connectivity index is 1.37. The zero-order chi connectivity index (χ0) is 24.9. The van der Waals surface area contributed by atoms with E-state index in [9.17, 15) is 9.90 Å². The molecule has 9 nitrogen and oxygen atoms in total. The summed E-state index contributed by atoms with van der Waals surface area (Å²) in [5.74, 6) is -0.355. The van der Waals surface area contributed by atoms with Crippen molar-refractivity contribution in [3.05, 3.63) is 94.5 Å². The SMILES string of the molecule is CCc1nnc(NCc2ccc(-c3ccccc3-c3nnnn3Cc3cccc(C(=O)O)c3)cc2)s1. The molecule has 0 atom stereocenters. The maximum atomic E-state index is 11.3. The van der Waals surface area contributed by atoms with E-state index < -0.39 is 5.97 Å². The van der Waals surface area contributed by atoms with Crippen molar-refractivity contribution in [1.82, 2.24) is 30.4 Å². The van der Waals surface area contributed by atoms with E-state index in [2.05, 4.69) is 62.2 Å². The van der Waals surface area contributed by atoms with Gasteiger partial charge in [0.2, 0.25) is 5.13 Å². The highest BCUT2D eigenvalue weighted by Gasteiger charge is 2.15. The molecule has 0 radical (unpaired) electrons. The van der Waals surface area contributed by atoms with E-state index in [1.54, 1.807) is 34.2 Å². The second-order valence-corrected chi connectivity index (χ2v) is 9.18. The summed E-state index contributed by atoms with van der Waals surface area (Å²) < 4.78 is 1.69. The second kappa shape index (κ2) is 10.4. The molecule has 5 rings (SSSR count). The first-order chi connectivity index (χ1) is 17.6. The van der Waals surface area contributed by atoms with Crippen molar-refractivity contribution in [1.29, 1.82) is 0 Å². The highest BCUT2D eigenvalue weighted by molar-refractivity contribution is 7.15. The Morgan fingerprint density at radius 2 is 1.75 bits per heavy atom. The van der Waals surface area contributed by atoms with Gasteiger partial charge in [-0.25, -0.2) is 9.48 Å². The molecule has 0 aliphatic rings. The number of aromatic nitrogens is 6. The van der Waals surface area contributed by atoms with E-state index in [1.165, 1.54) is 0 Å². The van der Waals surface area contributed by atoms with Gasteiger partial charge >= 0.3 is 5.97 Å². The van der Waals surface area contributed by atoms with Crippen LogP contribution in [0.2, 0.25) is 0 Å². The number of carboxylic acids is 1. The van der Waals surface area contributed by atoms with Crippen LogP contribution in [0.5, 0.6) is 0 Å². The zero-order valence-corrected chi connectivity index (χ0v) is 20.3. The first-order valence-electron chi connectivity index (χ1n) is 11.4. The van der Waals surface area contributed by atoms with Crippen molar-refractivity contribution < 1.29 is 9.90 Å². The summed E-state index contributed by atoms with van der Waals surface area (Å²) in [5.41, 5.74) is 5.11. The van der Waals surface area contributed by atoms with Crippen molar-refractivity contribution >= 4 is 22.4 Å². The first kappa shape index (κ1) is 23.3. The highest BCUT2D eigenvalue weighted by atomic mass is 32.1. The van der Waals surface area contributed by atoms with Crippen LogP contribution in [-0.2, 0) is 19.5 Å². The molecule has 0 amide bonds. The van der Waals surface area contributed by atoms with Crippen LogP contribution in [0.3, 0.4) is 0 Å². The van der Waals surface area contributed by atoms with E-state index in [-0.39, 0.29) is 5.56 Å². The third kappa shape index (κ3) is 5.13. The third-order valence-electron chi connectivity index (χ3n) is 5.68. The van der Waals surface area contributed by atoms with Gasteiger partial charge < -0.3 is 10.4 Å². The number of nitrogens with zero attached hydrogens (tertiary/aromatic N) is 6. The minimum Gasteiger partial charge on any atom is -0.478 e. The van der Waals surface area contributed by atoms with Crippen molar-refractivity contribution in [3.63, 3.8) is 0 Å². The van der Waals surface area contributed by atoms with Crippen molar-refractivity contribution in [2.75, 3.05) is 5.32 Å². The third-order valence-corrected chi connectivity index (χ3v) is 6.71. The number of carboxylic acid groups (broad SMARTS) is 1. The van der Waals surface area contributed by atoms with Gasteiger partial charge in [0.25, 0.3) is 0 Å². The maximum Gasteiger partial charge on any atom is 0.335 e. The molecule has 180 valence electrons. The molecule has 2 heterocycles. The highest BCUT2D eigenvalue weighted by Crippen LogP contribution is 2.31. The van der Waals surface area contributed by atoms with E-state index in [0.29, 0.717) is 18.9 Å². The molecular weight excluding hydrogens is 474 g/mol. The van der Waals surface area contributed by atoms with Gasteiger partial charge in [-0.1, -0.05) is 78.9 Å². The Morgan fingerprint density at radius 1 is 0.944 bits per heavy atom. The summed E-state index contributed by atoms with van der Waals surface area (Å²) >= 11 is 1.57. The summed E-state index contributed by atoms with van der Waals surface area (Å²) in [6.45, 7) is 3.08. The van der Waals surface area contributed by atoms with Gasteiger partial charge in [-0.15, -0.1) is 15.3 Å². The maximum absolute atomic E-state index is 11.3. The smallest absolute Gasteiger partial charge is 0.335 e. The summed E-state index contributed by atoms with van der Waals surface area (Å²) in [4.78, 5) is 11.3. The molecule has 2 N–H and O–H groups in total. The number of aryl methyl sites for hydroxylation is 1. The lowest BCUT2D eigenvalue weighted by Crippen LogP contribution is -2.06. The van der Waals surface area contributed by atoms with Gasteiger partial charge in [0.1, 0.15) is 5.01 Å². The number of tetrazole rings is 1. The van der Waals surface area contributed by atoms with Gasteiger partial charge in [0, 0.05) is 12.1 Å². The Hall–Kier alpha value is -4.44. The fourth-order valence-corrected chi connectivity index (χ4v) is 4.53. The Labute approximate surface area is 211 Å². The van der Waals surface area contributed by atoms with Crippen molar-refractivity contribution in [3.8, 4) is 22.5 Å². The predicted octanol–water partition coefficient (Wildman–Crippen LogP) is 4.78. The Morgan fingerprint density at radius 3 is 2.50 bits per heavy atom. The minimum atomic E-state index is -0.966. The van der Waals surface area contributed by atoms with Crippen molar-refractivity contribution in [2.45, 2.75) is 26.4 Å². The molecule has 10 heteroatoms. The lowest BCUT2D eigenvalue weighted by atomic mass is 9.98. The standard InChI is InChI=1S/C26H23N7O2S/c1-2-23-28-30-26(36-23)27-15-17-10-12-19(13-11-17)21-8-3-4-9-22(21)24-29-31-32-33(24)16-18-6-5-7-20(14-18)25(34)35/h3-14H,2,15-16H2,1H3,(H,27,30)(H,34,35). The number of rotatable bonds is 9. The lowest BCUT2D eigenvalue weighted by molar-refractivity contribution is 0.0696. The number of nitrogens with one attached hydrogen (secondary N) is 1. The van der Waals surface area contributed by atoms with Crippen LogP contribution in [0.25, 0.3) is 22.5 Å². The van der Waals surface area contributed by atoms with E-state index in [4.69, 9.17) is 0 Å². The lowest BCUT2D eigenvalue weighted by Gasteiger charge is -2.11. The van der Waals surface area contributed by atoms with Gasteiger partial charge in [-0.2, -0.15) is 0 Å². The summed E-state index contributed by atoms with van der Waals surface area (Å²) in [5, 5.41) is 35.1. The monoisotopic (exact) mass is 497 g/mol. The van der Waals surface area contributed by atoms with Crippen LogP contribution >= 0.6 is 11.3 Å². The minimum absolute atomic E-state index is 0.231. The molecule has 3 aromatic carbocycles. The molecule has 0 bridgehead atoms. The number of aromatic carboxylic acids is 1. The predicted molar refractivity (Wildman–Crippen MR) is 138 cm³/mol. The van der Waals surface area contributed by atoms with Crippen LogP contribution < -0.4 is 5.32 Å². The van der Waals surface area contributed by atoms with Gasteiger partial charge in [-0.3, -0.25) is 0 Å². The van der Waals surface area contributed by atoms with Gasteiger partial charge in [-0.05, 0) is 51.2 Å². The Kier molecular flexibility index (Phi) is 6.76. The number of carbonyl (C=O) groups is 1. The molecule has 36 heavy (non-hydrogen) atoms. The fourth-order valence-electron chi connectivity index (χ4n) is 3.86. The molecule has 5 aromatic rings. The van der Waals surface area contributed by atoms with Crippen LogP contribution in [0.4, 0.5) is 5.13 Å². The second-order valence-electron chi connectivity index (χ2n) is 8.12. The number of hydrogen-bond donors (Lipinski definition) is 2. The molecule has 0 aliphatic heterocycles. The van der Waals surface area contributed by atoms with Crippen molar-refractivity contribution in [2.24, 2.45) is 0 Å². The van der Waals surface area contributed by atoms with E-state index in [0.717, 1.165) is 44.4 Å². The molecular formula is C26H23N7O2S. The Bertz CT molecular complexity index is 1490. The van der Waals surface area contributed by atoms with E-state index >= 15 is 0 Å². The first-order valence-corrected chi connectivity index (χ1v) is 12.3. The van der Waals surface area contributed by atoms with E-state index in [1.807, 2.05) is 30.3 Å². The van der Waals surface area contributed by atoms with Crippen LogP contribution in [0, 0.1) is 0 Å². The van der Waals surface area contributed by atoms with Crippen LogP contribution in [0.15, 0.2) is 72.8 Å². The largest absolute Gasteiger partial charge is 0.478 e. The topological polar surface area (TPSA) is 119 Å². The quantitative estimate of drug-likeness (QED) is 0.299. The molecule has 0 saturated carbocycles. The molecule has 0 fully saturated rings. The molecule has 2 aromatic heterocycles. The number of hydrogen-bond acceptors (Lipinski definition) is 8. The molecule has 0 spiro atoms. The number of anilines is 1. The average molecular weight is 498 g/mol. The molecule has 0 aliphatic carbocycles. The summed E-state index contributed by atoms with van der Waals surface area (Å²) in [6, 6.07) is 23.1. The molecule has 0 unspecified atom stereocenters. The number of benzene rings is 3. The average Bonchev–Trinajstić information content (AvgIpc) is 3.57. The zero-order valence-electron chi connectivity index (χ0n) is 19.5. The summed E-state index contributed by atoms with van der Waals surface area (Å²) in [6.07, 6.45) is 0.880. The van der Waals surface area contributed by atoms with Crippen LogP contribution in [-0.4, -0.2) is 41.5 Å². The molecule has 0 saturated heterocycles.